The highest BCUT2D eigenvalue weighted by Gasteiger charge is 2.22. The van der Waals surface area contributed by atoms with Crippen LogP contribution in [0.3, 0.4) is 0 Å². The predicted molar refractivity (Wildman–Crippen MR) is 101 cm³/mol. The van der Waals surface area contributed by atoms with Gasteiger partial charge in [0.05, 0.1) is 5.56 Å². The molecule has 0 saturated carbocycles. The number of nitrogens with zero attached hydrogens (tertiary/aromatic N) is 3. The summed E-state index contributed by atoms with van der Waals surface area (Å²) in [5.41, 5.74) is 3.13. The summed E-state index contributed by atoms with van der Waals surface area (Å²) in [6.07, 6.45) is 2.04. The molecule has 0 radical (unpaired) electrons. The lowest BCUT2D eigenvalue weighted by Crippen LogP contribution is -2.20. The molecule has 0 atom stereocenters. The molecule has 0 spiro atoms. The van der Waals surface area contributed by atoms with Gasteiger partial charge in [-0.25, -0.2) is 13.9 Å². The number of carbonyl (C=O) groups excluding carboxylic acids is 1. The van der Waals surface area contributed by atoms with Gasteiger partial charge in [-0.3, -0.25) is 4.79 Å². The van der Waals surface area contributed by atoms with Crippen molar-refractivity contribution in [3.8, 4) is 11.1 Å². The number of anilines is 1. The van der Waals surface area contributed by atoms with E-state index in [1.165, 1.54) is 6.07 Å². The topological polar surface area (TPSA) is 59.3 Å². The molecular formula is C20H23FN4O. The lowest BCUT2D eigenvalue weighted by molar-refractivity contribution is -0.117. The number of halogens is 1. The van der Waals surface area contributed by atoms with E-state index in [2.05, 4.69) is 15.4 Å². The number of carbonyl (C=O) groups is 1. The second-order valence-electron chi connectivity index (χ2n) is 7.79. The summed E-state index contributed by atoms with van der Waals surface area (Å²) in [4.78, 5) is 16.8. The summed E-state index contributed by atoms with van der Waals surface area (Å²) < 4.78 is 15.8. The maximum atomic E-state index is 14.1. The predicted octanol–water partition coefficient (Wildman–Crippen LogP) is 4.53. The third-order valence-electron chi connectivity index (χ3n) is 4.12. The van der Waals surface area contributed by atoms with E-state index in [4.69, 9.17) is 0 Å². The zero-order valence-corrected chi connectivity index (χ0v) is 15.7. The van der Waals surface area contributed by atoms with Crippen LogP contribution in [0.25, 0.3) is 16.8 Å². The highest BCUT2D eigenvalue weighted by molar-refractivity contribution is 5.98. The average molecular weight is 354 g/mol. The van der Waals surface area contributed by atoms with Crippen LogP contribution in [0.5, 0.6) is 0 Å². The number of amides is 1. The number of aromatic nitrogens is 3. The molecule has 3 rings (SSSR count). The van der Waals surface area contributed by atoms with E-state index in [9.17, 15) is 9.18 Å². The first-order valence-electron chi connectivity index (χ1n) is 8.56. The molecule has 0 fully saturated rings. The quantitative estimate of drug-likeness (QED) is 0.752. The Morgan fingerprint density at radius 3 is 2.62 bits per heavy atom. The van der Waals surface area contributed by atoms with E-state index in [1.807, 2.05) is 39.8 Å². The first-order chi connectivity index (χ1) is 12.2. The number of benzene rings is 1. The summed E-state index contributed by atoms with van der Waals surface area (Å²) >= 11 is 0. The maximum Gasteiger partial charge on any atom is 0.226 e. The van der Waals surface area contributed by atoms with Gasteiger partial charge in [0.25, 0.3) is 0 Å². The van der Waals surface area contributed by atoms with Crippen LogP contribution < -0.4 is 5.32 Å². The normalized spacial score (nSPS) is 11.8. The number of fused-ring (bicyclic) bond motifs is 1. The van der Waals surface area contributed by atoms with Crippen LogP contribution >= 0.6 is 0 Å². The minimum Gasteiger partial charge on any atom is -0.309 e. The number of hydrogen-bond donors (Lipinski definition) is 1. The standard InChI is InChI=1S/C20H23FN4O/c1-12-6-7-14(10-15(12)21)17-18(23-16(26)11-20(3,4)5)24-25-13(2)8-9-22-19(17)25/h6-10H,11H2,1-5H3,(H,23,24,26). The maximum absolute atomic E-state index is 14.1. The fourth-order valence-electron chi connectivity index (χ4n) is 2.82. The molecule has 2 aromatic heterocycles. The van der Waals surface area contributed by atoms with E-state index in [1.54, 1.807) is 23.7 Å². The van der Waals surface area contributed by atoms with Crippen molar-refractivity contribution in [2.24, 2.45) is 5.41 Å². The zero-order valence-electron chi connectivity index (χ0n) is 15.7. The number of nitrogens with one attached hydrogen (secondary N) is 1. The van der Waals surface area contributed by atoms with Crippen molar-refractivity contribution in [3.63, 3.8) is 0 Å². The van der Waals surface area contributed by atoms with Crippen molar-refractivity contribution < 1.29 is 9.18 Å². The molecule has 1 amide bonds. The van der Waals surface area contributed by atoms with E-state index in [0.717, 1.165) is 5.69 Å². The van der Waals surface area contributed by atoms with Gasteiger partial charge in [-0.1, -0.05) is 32.9 Å². The van der Waals surface area contributed by atoms with E-state index in [-0.39, 0.29) is 17.1 Å². The molecule has 26 heavy (non-hydrogen) atoms. The Balaban J connectivity index is 2.14. The lowest BCUT2D eigenvalue weighted by atomic mass is 9.92. The molecule has 6 heteroatoms. The van der Waals surface area contributed by atoms with Crippen molar-refractivity contribution in [3.05, 3.63) is 47.5 Å². The van der Waals surface area contributed by atoms with Crippen LogP contribution in [0, 0.1) is 25.1 Å². The van der Waals surface area contributed by atoms with Crippen LogP contribution in [0.2, 0.25) is 0 Å². The molecule has 1 N–H and O–H groups in total. The van der Waals surface area contributed by atoms with Crippen molar-refractivity contribution in [1.82, 2.24) is 14.6 Å². The monoisotopic (exact) mass is 354 g/mol. The van der Waals surface area contributed by atoms with Gasteiger partial charge in [0.1, 0.15) is 5.82 Å². The zero-order chi connectivity index (χ0) is 19.1. The van der Waals surface area contributed by atoms with Crippen molar-refractivity contribution in [2.45, 2.75) is 41.0 Å². The Hall–Kier alpha value is -2.76. The Morgan fingerprint density at radius 2 is 1.96 bits per heavy atom. The Kier molecular flexibility index (Phi) is 4.52. The Morgan fingerprint density at radius 1 is 1.23 bits per heavy atom. The van der Waals surface area contributed by atoms with Crippen molar-refractivity contribution >= 4 is 17.4 Å². The van der Waals surface area contributed by atoms with Crippen LogP contribution in [-0.4, -0.2) is 20.5 Å². The summed E-state index contributed by atoms with van der Waals surface area (Å²) in [6.45, 7) is 9.61. The van der Waals surface area contributed by atoms with Crippen LogP contribution in [-0.2, 0) is 4.79 Å². The molecular weight excluding hydrogens is 331 g/mol. The minimum atomic E-state index is -0.304. The number of hydrogen-bond acceptors (Lipinski definition) is 3. The fourth-order valence-corrected chi connectivity index (χ4v) is 2.82. The molecule has 0 aliphatic rings. The third kappa shape index (κ3) is 3.59. The highest BCUT2D eigenvalue weighted by Crippen LogP contribution is 2.33. The van der Waals surface area contributed by atoms with Gasteiger partial charge in [0.2, 0.25) is 5.91 Å². The van der Waals surface area contributed by atoms with Crippen LogP contribution in [0.4, 0.5) is 10.2 Å². The number of aryl methyl sites for hydroxylation is 2. The molecule has 2 heterocycles. The minimum absolute atomic E-state index is 0.132. The van der Waals surface area contributed by atoms with Gasteiger partial charge >= 0.3 is 0 Å². The smallest absolute Gasteiger partial charge is 0.226 e. The van der Waals surface area contributed by atoms with E-state index in [0.29, 0.717) is 34.6 Å². The van der Waals surface area contributed by atoms with Gasteiger partial charge in [-0.05, 0) is 42.5 Å². The van der Waals surface area contributed by atoms with E-state index >= 15 is 0 Å². The fraction of sp³-hybridized carbons (Fsp3) is 0.350. The SMILES string of the molecule is Cc1ccc(-c2c(NC(=O)CC(C)(C)C)nn3c(C)ccnc23)cc1F. The number of rotatable bonds is 3. The Bertz CT molecular complexity index is 985. The summed E-state index contributed by atoms with van der Waals surface area (Å²) in [7, 11) is 0. The van der Waals surface area contributed by atoms with Crippen LogP contribution in [0.1, 0.15) is 38.4 Å². The summed E-state index contributed by atoms with van der Waals surface area (Å²) in [5.74, 6) is -0.0434. The van der Waals surface area contributed by atoms with Gasteiger partial charge in [-0.2, -0.15) is 0 Å². The Labute approximate surface area is 152 Å². The first kappa shape index (κ1) is 18.0. The van der Waals surface area contributed by atoms with Gasteiger partial charge in [-0.15, -0.1) is 5.10 Å². The highest BCUT2D eigenvalue weighted by atomic mass is 19.1. The molecule has 3 aromatic rings. The molecule has 0 unspecified atom stereocenters. The average Bonchev–Trinajstić information content (AvgIpc) is 2.87. The second-order valence-corrected chi connectivity index (χ2v) is 7.79. The lowest BCUT2D eigenvalue weighted by Gasteiger charge is -2.17. The van der Waals surface area contributed by atoms with Crippen molar-refractivity contribution in [1.29, 1.82) is 0 Å². The van der Waals surface area contributed by atoms with Gasteiger partial charge in [0, 0.05) is 18.3 Å². The summed E-state index contributed by atoms with van der Waals surface area (Å²) in [5, 5.41) is 7.39. The molecule has 5 nitrogen and oxygen atoms in total. The second kappa shape index (κ2) is 6.52. The first-order valence-corrected chi connectivity index (χ1v) is 8.56. The summed E-state index contributed by atoms with van der Waals surface area (Å²) in [6, 6.07) is 6.82. The molecule has 0 aliphatic carbocycles. The van der Waals surface area contributed by atoms with E-state index < -0.39 is 0 Å². The van der Waals surface area contributed by atoms with Crippen LogP contribution in [0.15, 0.2) is 30.5 Å². The molecule has 1 aromatic carbocycles. The molecule has 136 valence electrons. The van der Waals surface area contributed by atoms with Crippen molar-refractivity contribution in [2.75, 3.05) is 5.32 Å². The molecule has 0 bridgehead atoms. The third-order valence-corrected chi connectivity index (χ3v) is 4.12. The molecule has 0 saturated heterocycles. The molecule has 0 aliphatic heterocycles. The van der Waals surface area contributed by atoms with Gasteiger partial charge in [0.15, 0.2) is 11.5 Å². The van der Waals surface area contributed by atoms with Gasteiger partial charge < -0.3 is 5.32 Å². The largest absolute Gasteiger partial charge is 0.309 e.